The number of aliphatic hydroxyl groups is 1. The van der Waals surface area contributed by atoms with Gasteiger partial charge in [-0.3, -0.25) is 4.90 Å². The number of aliphatic hydroxyl groups excluding tert-OH is 1. The van der Waals surface area contributed by atoms with Crippen molar-refractivity contribution in [2.45, 2.75) is 43.6 Å². The summed E-state index contributed by atoms with van der Waals surface area (Å²) in [6, 6.07) is 12.8. The molecule has 1 N–H and O–H groups in total. The van der Waals surface area contributed by atoms with Gasteiger partial charge >= 0.3 is 0 Å². The fourth-order valence-electron chi connectivity index (χ4n) is 4.98. The van der Waals surface area contributed by atoms with E-state index in [1.54, 1.807) is 7.11 Å². The fraction of sp³-hybridized carbons (Fsp3) is 0.391. The Balaban J connectivity index is 1.54. The summed E-state index contributed by atoms with van der Waals surface area (Å²) in [6.45, 7) is 2.78. The lowest BCUT2D eigenvalue weighted by molar-refractivity contribution is 0.0806. The fourth-order valence-corrected chi connectivity index (χ4v) is 5.24. The molecule has 0 bridgehead atoms. The molecule has 2 aromatic carbocycles. The van der Waals surface area contributed by atoms with Gasteiger partial charge < -0.3 is 14.6 Å². The summed E-state index contributed by atoms with van der Waals surface area (Å²) in [4.78, 5) is 2.51. The average molecular weight is 442 g/mol. The van der Waals surface area contributed by atoms with Gasteiger partial charge in [0.25, 0.3) is 0 Å². The van der Waals surface area contributed by atoms with Gasteiger partial charge in [0.05, 0.1) is 18.6 Å². The summed E-state index contributed by atoms with van der Waals surface area (Å²) in [5, 5.41) is 10.2. The maximum atomic E-state index is 10.2. The Kier molecular flexibility index (Phi) is 4.49. The number of ether oxygens (including phenoxy) is 2. The summed E-state index contributed by atoms with van der Waals surface area (Å²) in [5.74, 6) is 1.66. The molecule has 0 saturated carbocycles. The van der Waals surface area contributed by atoms with Crippen LogP contribution in [-0.4, -0.2) is 35.9 Å². The third-order valence-corrected chi connectivity index (χ3v) is 6.88. The first-order valence-corrected chi connectivity index (χ1v) is 10.6. The van der Waals surface area contributed by atoms with Crippen molar-refractivity contribution in [1.82, 2.24) is 4.90 Å². The number of halogens is 1. The van der Waals surface area contributed by atoms with E-state index in [-0.39, 0.29) is 11.5 Å². The van der Waals surface area contributed by atoms with Crippen LogP contribution in [0, 0.1) is 0 Å². The van der Waals surface area contributed by atoms with Crippen LogP contribution in [0.4, 0.5) is 0 Å². The van der Waals surface area contributed by atoms with Gasteiger partial charge in [-0.2, -0.15) is 0 Å². The summed E-state index contributed by atoms with van der Waals surface area (Å²) in [6.07, 6.45) is 5.27. The van der Waals surface area contributed by atoms with Crippen LogP contribution in [0.2, 0.25) is 0 Å². The van der Waals surface area contributed by atoms with Gasteiger partial charge in [0.15, 0.2) is 11.5 Å². The van der Waals surface area contributed by atoms with Gasteiger partial charge in [-0.25, -0.2) is 0 Å². The Morgan fingerprint density at radius 2 is 2.07 bits per heavy atom. The van der Waals surface area contributed by atoms with Crippen LogP contribution in [0.5, 0.6) is 11.5 Å². The second kappa shape index (κ2) is 6.90. The monoisotopic (exact) mass is 441 g/mol. The zero-order valence-electron chi connectivity index (χ0n) is 15.9. The summed E-state index contributed by atoms with van der Waals surface area (Å²) < 4.78 is 13.1. The van der Waals surface area contributed by atoms with Crippen molar-refractivity contribution >= 4 is 15.9 Å². The molecule has 0 fully saturated rings. The highest BCUT2D eigenvalue weighted by Crippen LogP contribution is 2.55. The second-order valence-electron chi connectivity index (χ2n) is 8.03. The molecule has 0 aromatic heterocycles. The molecule has 28 heavy (non-hydrogen) atoms. The number of benzene rings is 2. The van der Waals surface area contributed by atoms with E-state index in [1.165, 1.54) is 16.7 Å². The first-order valence-electron chi connectivity index (χ1n) is 9.80. The van der Waals surface area contributed by atoms with E-state index in [0.717, 1.165) is 42.0 Å². The van der Waals surface area contributed by atoms with Crippen LogP contribution in [-0.2, 0) is 18.5 Å². The van der Waals surface area contributed by atoms with E-state index in [4.69, 9.17) is 9.47 Å². The zero-order chi connectivity index (χ0) is 19.3. The standard InChI is InChI=1S/C23H24BrNO3/c1-27-19-7-4-16-14-25(13-15-2-5-17(24)6-3-15)11-10-23-9-8-18(26)12-20(23)28-22(19)21(16)23/h2-9,18,20,26H,10-14H2,1H3/t18-,20-,23-/m0/s1. The van der Waals surface area contributed by atoms with Crippen molar-refractivity contribution in [3.8, 4) is 11.5 Å². The minimum Gasteiger partial charge on any atom is -0.493 e. The summed E-state index contributed by atoms with van der Waals surface area (Å²) >= 11 is 3.52. The van der Waals surface area contributed by atoms with Crippen molar-refractivity contribution in [2.75, 3.05) is 13.7 Å². The maximum absolute atomic E-state index is 10.2. The highest BCUT2D eigenvalue weighted by Gasteiger charge is 2.52. The molecular weight excluding hydrogens is 418 g/mol. The van der Waals surface area contributed by atoms with E-state index < -0.39 is 6.10 Å². The van der Waals surface area contributed by atoms with Gasteiger partial charge in [-0.1, -0.05) is 46.3 Å². The lowest BCUT2D eigenvalue weighted by Gasteiger charge is -2.35. The molecule has 1 aliphatic carbocycles. The van der Waals surface area contributed by atoms with E-state index in [0.29, 0.717) is 6.42 Å². The van der Waals surface area contributed by atoms with Crippen molar-refractivity contribution in [3.63, 3.8) is 0 Å². The largest absolute Gasteiger partial charge is 0.493 e. The average Bonchev–Trinajstić information content (AvgIpc) is 2.94. The van der Waals surface area contributed by atoms with Crippen LogP contribution in [0.15, 0.2) is 53.0 Å². The number of rotatable bonds is 3. The van der Waals surface area contributed by atoms with Gasteiger partial charge in [0.1, 0.15) is 6.10 Å². The molecule has 3 aliphatic rings. The molecule has 146 valence electrons. The first kappa shape index (κ1) is 18.2. The smallest absolute Gasteiger partial charge is 0.166 e. The molecule has 5 rings (SSSR count). The van der Waals surface area contributed by atoms with Crippen molar-refractivity contribution in [2.24, 2.45) is 0 Å². The molecule has 0 amide bonds. The van der Waals surface area contributed by atoms with E-state index in [2.05, 4.69) is 57.2 Å². The molecule has 3 atom stereocenters. The molecular formula is C23H24BrNO3. The lowest BCUT2D eigenvalue weighted by atomic mass is 9.69. The Morgan fingerprint density at radius 1 is 1.25 bits per heavy atom. The zero-order valence-corrected chi connectivity index (χ0v) is 17.5. The molecule has 4 nitrogen and oxygen atoms in total. The highest BCUT2D eigenvalue weighted by atomic mass is 79.9. The highest BCUT2D eigenvalue weighted by molar-refractivity contribution is 9.10. The van der Waals surface area contributed by atoms with Gasteiger partial charge in [-0.05, 0) is 35.7 Å². The van der Waals surface area contributed by atoms with Crippen LogP contribution >= 0.6 is 15.9 Å². The minimum atomic E-state index is -0.443. The topological polar surface area (TPSA) is 41.9 Å². The predicted molar refractivity (Wildman–Crippen MR) is 112 cm³/mol. The van der Waals surface area contributed by atoms with Crippen molar-refractivity contribution < 1.29 is 14.6 Å². The van der Waals surface area contributed by atoms with Gasteiger partial charge in [0, 0.05) is 36.1 Å². The Hall–Kier alpha value is -1.82. The van der Waals surface area contributed by atoms with Crippen molar-refractivity contribution in [3.05, 3.63) is 69.7 Å². The van der Waals surface area contributed by atoms with Gasteiger partial charge in [-0.15, -0.1) is 0 Å². The predicted octanol–water partition coefficient (Wildman–Crippen LogP) is 4.18. The summed E-state index contributed by atoms with van der Waals surface area (Å²) in [5.41, 5.74) is 3.70. The Bertz CT molecular complexity index is 926. The molecule has 0 radical (unpaired) electrons. The van der Waals surface area contributed by atoms with Crippen LogP contribution in [0.3, 0.4) is 0 Å². The van der Waals surface area contributed by atoms with E-state index in [1.807, 2.05) is 12.1 Å². The summed E-state index contributed by atoms with van der Waals surface area (Å²) in [7, 11) is 1.69. The van der Waals surface area contributed by atoms with Gasteiger partial charge in [0.2, 0.25) is 0 Å². The number of hydrogen-bond donors (Lipinski definition) is 1. The number of methoxy groups -OCH3 is 1. The quantitative estimate of drug-likeness (QED) is 0.725. The molecule has 2 heterocycles. The van der Waals surface area contributed by atoms with E-state index in [9.17, 15) is 5.11 Å². The van der Waals surface area contributed by atoms with Crippen LogP contribution in [0.25, 0.3) is 0 Å². The Labute approximate surface area is 173 Å². The third kappa shape index (κ3) is 2.88. The lowest BCUT2D eigenvalue weighted by Crippen LogP contribution is -2.43. The normalized spacial score (nSPS) is 28.2. The molecule has 1 spiro atoms. The van der Waals surface area contributed by atoms with Crippen LogP contribution < -0.4 is 9.47 Å². The molecule has 5 heteroatoms. The number of nitrogens with zero attached hydrogens (tertiary/aromatic N) is 1. The third-order valence-electron chi connectivity index (χ3n) is 6.35. The van der Waals surface area contributed by atoms with E-state index >= 15 is 0 Å². The SMILES string of the molecule is COc1ccc2c3c1O[C@H]1C[C@@H](O)C=C[C@@]31CCN(Cc1ccc(Br)cc1)C2. The maximum Gasteiger partial charge on any atom is 0.166 e. The molecule has 0 unspecified atom stereocenters. The van der Waals surface area contributed by atoms with Crippen molar-refractivity contribution in [1.29, 1.82) is 0 Å². The Morgan fingerprint density at radius 3 is 2.86 bits per heavy atom. The molecule has 2 aliphatic heterocycles. The van der Waals surface area contributed by atoms with Crippen LogP contribution in [0.1, 0.15) is 29.5 Å². The molecule has 2 aromatic rings. The first-order chi connectivity index (χ1) is 13.6. The number of hydrogen-bond acceptors (Lipinski definition) is 4. The minimum absolute atomic E-state index is 0.0369. The molecule has 0 saturated heterocycles. The second-order valence-corrected chi connectivity index (χ2v) is 8.94.